The van der Waals surface area contributed by atoms with Gasteiger partial charge in [0.05, 0.1) is 7.11 Å². The fourth-order valence-electron chi connectivity index (χ4n) is 2.13. The summed E-state index contributed by atoms with van der Waals surface area (Å²) < 4.78 is 4.65. The zero-order chi connectivity index (χ0) is 12.7. The number of carbonyl (C=O) groups is 1. The molecule has 17 heavy (non-hydrogen) atoms. The second-order valence-corrected chi connectivity index (χ2v) is 5.63. The van der Waals surface area contributed by atoms with E-state index in [-0.39, 0.29) is 10.8 Å². The first-order chi connectivity index (χ1) is 8.17. The molecule has 0 spiro atoms. The Morgan fingerprint density at radius 1 is 1.53 bits per heavy atom. The third-order valence-corrected chi connectivity index (χ3v) is 4.07. The van der Waals surface area contributed by atoms with Gasteiger partial charge in [-0.25, -0.2) is 0 Å². The highest BCUT2D eigenvalue weighted by Gasteiger charge is 2.19. The Labute approximate surface area is 112 Å². The minimum Gasteiger partial charge on any atom is -0.468 e. The van der Waals surface area contributed by atoms with Crippen molar-refractivity contribution in [1.29, 1.82) is 0 Å². The molecular weight excluding hydrogens is 284 g/mol. The van der Waals surface area contributed by atoms with Crippen molar-refractivity contribution < 1.29 is 9.53 Å². The first kappa shape index (κ1) is 14.9. The molecule has 5 heteroatoms. The second kappa shape index (κ2) is 8.06. The summed E-state index contributed by atoms with van der Waals surface area (Å²) in [6, 6.07) is 0. The third-order valence-electron chi connectivity index (χ3n) is 3.37. The molecular formula is C12H23BrN2O2. The monoisotopic (exact) mass is 306 g/mol. The fraction of sp³-hybridized carbons (Fsp3) is 0.917. The van der Waals surface area contributed by atoms with E-state index in [0.717, 1.165) is 19.0 Å². The van der Waals surface area contributed by atoms with E-state index in [9.17, 15) is 4.79 Å². The summed E-state index contributed by atoms with van der Waals surface area (Å²) in [5.74, 6) is 0.536. The van der Waals surface area contributed by atoms with E-state index < -0.39 is 0 Å². The number of rotatable bonds is 6. The normalized spacial score (nSPS) is 20.2. The Morgan fingerprint density at radius 2 is 2.18 bits per heavy atom. The van der Waals surface area contributed by atoms with Crippen molar-refractivity contribution in [2.24, 2.45) is 5.92 Å². The van der Waals surface area contributed by atoms with Gasteiger partial charge in [0, 0.05) is 6.54 Å². The highest BCUT2D eigenvalue weighted by Crippen LogP contribution is 2.15. The molecule has 100 valence electrons. The first-order valence-corrected chi connectivity index (χ1v) is 7.23. The lowest BCUT2D eigenvalue weighted by molar-refractivity contribution is -0.139. The van der Waals surface area contributed by atoms with Gasteiger partial charge in [-0.05, 0) is 44.9 Å². The molecule has 1 atom stereocenters. The topological polar surface area (TPSA) is 41.6 Å². The Hall–Kier alpha value is -0.130. The summed E-state index contributed by atoms with van der Waals surface area (Å²) in [5.41, 5.74) is 0. The Balaban J connectivity index is 2.09. The summed E-state index contributed by atoms with van der Waals surface area (Å²) >= 11 is 3.30. The third kappa shape index (κ3) is 5.36. The van der Waals surface area contributed by atoms with Crippen LogP contribution in [0.25, 0.3) is 0 Å². The number of hydrogen-bond acceptors (Lipinski definition) is 4. The molecule has 0 aromatic rings. The van der Waals surface area contributed by atoms with Crippen molar-refractivity contribution in [3.05, 3.63) is 0 Å². The molecule has 1 fully saturated rings. The van der Waals surface area contributed by atoms with Gasteiger partial charge in [-0.3, -0.25) is 4.79 Å². The molecule has 1 saturated heterocycles. The molecule has 1 aliphatic rings. The molecule has 1 unspecified atom stereocenters. The van der Waals surface area contributed by atoms with Crippen LogP contribution in [0.2, 0.25) is 0 Å². The molecule has 0 aromatic heterocycles. The van der Waals surface area contributed by atoms with Gasteiger partial charge in [-0.15, -0.1) is 0 Å². The molecule has 1 rings (SSSR count). The number of methoxy groups -OCH3 is 1. The number of carbonyl (C=O) groups excluding carboxylic acids is 1. The van der Waals surface area contributed by atoms with E-state index in [2.05, 4.69) is 37.8 Å². The Kier molecular flexibility index (Phi) is 7.08. The smallest absolute Gasteiger partial charge is 0.320 e. The van der Waals surface area contributed by atoms with E-state index in [0.29, 0.717) is 6.54 Å². The number of alkyl halides is 1. The van der Waals surface area contributed by atoms with Crippen LogP contribution < -0.4 is 5.32 Å². The summed E-state index contributed by atoms with van der Waals surface area (Å²) in [5, 5.41) is 3.34. The predicted octanol–water partition coefficient (Wildman–Crippen LogP) is 1.24. The number of hydrogen-bond donors (Lipinski definition) is 1. The van der Waals surface area contributed by atoms with E-state index in [1.807, 2.05) is 0 Å². The number of halogens is 1. The second-order valence-electron chi connectivity index (χ2n) is 4.53. The van der Waals surface area contributed by atoms with Crippen molar-refractivity contribution in [3.63, 3.8) is 0 Å². The molecule has 0 amide bonds. The lowest BCUT2D eigenvalue weighted by Crippen LogP contribution is -2.39. The standard InChI is InChI=1S/C12H23BrN2O2/c1-3-15-6-4-10(5-7-15)8-14-9-11(13)12(16)17-2/h10-11,14H,3-9H2,1-2H3. The number of ether oxygens (including phenoxy) is 1. The van der Waals surface area contributed by atoms with Crippen molar-refractivity contribution in [2.75, 3.05) is 39.8 Å². The van der Waals surface area contributed by atoms with Gasteiger partial charge in [-0.2, -0.15) is 0 Å². The van der Waals surface area contributed by atoms with Crippen LogP contribution in [0.1, 0.15) is 19.8 Å². The Morgan fingerprint density at radius 3 is 2.71 bits per heavy atom. The average molecular weight is 307 g/mol. The van der Waals surface area contributed by atoms with Crippen LogP contribution in [0.15, 0.2) is 0 Å². The lowest BCUT2D eigenvalue weighted by atomic mass is 9.97. The summed E-state index contributed by atoms with van der Waals surface area (Å²) in [7, 11) is 1.41. The highest BCUT2D eigenvalue weighted by atomic mass is 79.9. The molecule has 0 bridgehead atoms. The van der Waals surface area contributed by atoms with E-state index in [1.54, 1.807) is 0 Å². The highest BCUT2D eigenvalue weighted by molar-refractivity contribution is 9.10. The predicted molar refractivity (Wildman–Crippen MR) is 72.4 cm³/mol. The van der Waals surface area contributed by atoms with E-state index in [1.165, 1.54) is 33.0 Å². The lowest BCUT2D eigenvalue weighted by Gasteiger charge is -2.31. The van der Waals surface area contributed by atoms with Gasteiger partial charge in [0.1, 0.15) is 4.83 Å². The van der Waals surface area contributed by atoms with Crippen molar-refractivity contribution in [1.82, 2.24) is 10.2 Å². The summed E-state index contributed by atoms with van der Waals surface area (Å²) in [6.45, 7) is 7.42. The van der Waals surface area contributed by atoms with Crippen molar-refractivity contribution in [3.8, 4) is 0 Å². The number of likely N-dealkylation sites (tertiary alicyclic amines) is 1. The first-order valence-electron chi connectivity index (χ1n) is 6.32. The molecule has 0 saturated carbocycles. The van der Waals surface area contributed by atoms with Crippen LogP contribution >= 0.6 is 15.9 Å². The van der Waals surface area contributed by atoms with Crippen LogP contribution in [0.5, 0.6) is 0 Å². The van der Waals surface area contributed by atoms with Crippen molar-refractivity contribution >= 4 is 21.9 Å². The zero-order valence-electron chi connectivity index (χ0n) is 10.7. The van der Waals surface area contributed by atoms with Gasteiger partial charge in [0.2, 0.25) is 0 Å². The molecule has 1 heterocycles. The van der Waals surface area contributed by atoms with Crippen LogP contribution in [-0.4, -0.2) is 55.5 Å². The summed E-state index contributed by atoms with van der Waals surface area (Å²) in [6.07, 6.45) is 2.51. The number of nitrogens with one attached hydrogen (secondary N) is 1. The Bertz CT molecular complexity index is 231. The maximum Gasteiger partial charge on any atom is 0.320 e. The van der Waals surface area contributed by atoms with Gasteiger partial charge < -0.3 is 15.0 Å². The molecule has 0 aromatic carbocycles. The zero-order valence-corrected chi connectivity index (χ0v) is 12.3. The van der Waals surface area contributed by atoms with Gasteiger partial charge in [-0.1, -0.05) is 22.9 Å². The van der Waals surface area contributed by atoms with E-state index >= 15 is 0 Å². The number of piperidine rings is 1. The SMILES string of the molecule is CCN1CCC(CNCC(Br)C(=O)OC)CC1. The van der Waals surface area contributed by atoms with E-state index in [4.69, 9.17) is 0 Å². The minimum absolute atomic E-state index is 0.210. The fourth-order valence-corrected chi connectivity index (χ4v) is 2.55. The molecule has 0 aliphatic carbocycles. The molecule has 1 N–H and O–H groups in total. The molecule has 4 nitrogen and oxygen atoms in total. The number of esters is 1. The van der Waals surface area contributed by atoms with Gasteiger partial charge in [0.15, 0.2) is 0 Å². The number of nitrogens with zero attached hydrogens (tertiary/aromatic N) is 1. The molecule has 0 radical (unpaired) electrons. The van der Waals surface area contributed by atoms with Gasteiger partial charge >= 0.3 is 5.97 Å². The van der Waals surface area contributed by atoms with Crippen molar-refractivity contribution in [2.45, 2.75) is 24.6 Å². The maximum atomic E-state index is 11.2. The van der Waals surface area contributed by atoms with Crippen LogP contribution in [0, 0.1) is 5.92 Å². The molecule has 1 aliphatic heterocycles. The van der Waals surface area contributed by atoms with Gasteiger partial charge in [0.25, 0.3) is 0 Å². The largest absolute Gasteiger partial charge is 0.468 e. The average Bonchev–Trinajstić information content (AvgIpc) is 2.38. The summed E-state index contributed by atoms with van der Waals surface area (Å²) in [4.78, 5) is 13.4. The van der Waals surface area contributed by atoms with Crippen LogP contribution in [-0.2, 0) is 9.53 Å². The van der Waals surface area contributed by atoms with Crippen LogP contribution in [0.4, 0.5) is 0 Å². The maximum absolute atomic E-state index is 11.2. The van der Waals surface area contributed by atoms with Crippen LogP contribution in [0.3, 0.4) is 0 Å². The minimum atomic E-state index is -0.233. The quantitative estimate of drug-likeness (QED) is 0.592.